The maximum atomic E-state index is 13.3. The molecule has 124 valence electrons. The quantitative estimate of drug-likeness (QED) is 0.795. The van der Waals surface area contributed by atoms with Crippen LogP contribution in [0, 0.1) is 5.82 Å². The van der Waals surface area contributed by atoms with E-state index in [1.807, 2.05) is 18.2 Å². The number of benzene rings is 2. The molecule has 2 aliphatic rings. The third kappa shape index (κ3) is 2.94. The number of halogens is 1. The van der Waals surface area contributed by atoms with Gasteiger partial charge in [0.05, 0.1) is 13.2 Å². The van der Waals surface area contributed by atoms with E-state index < -0.39 is 0 Å². The smallest absolute Gasteiger partial charge is 0.152 e. The van der Waals surface area contributed by atoms with Gasteiger partial charge in [-0.2, -0.15) is 0 Å². The van der Waals surface area contributed by atoms with Crippen LogP contribution in [0.3, 0.4) is 0 Å². The van der Waals surface area contributed by atoms with E-state index in [2.05, 4.69) is 11.0 Å². The SMILES string of the molecule is O=Cc1cc(C2CC2)c(-c2ccc(F)cc2)cc1N1CCOCC1. The molecule has 0 bridgehead atoms. The van der Waals surface area contributed by atoms with Crippen LogP contribution in [0.25, 0.3) is 11.1 Å². The minimum absolute atomic E-state index is 0.232. The normalized spacial score (nSPS) is 17.8. The Morgan fingerprint density at radius 1 is 1.08 bits per heavy atom. The zero-order valence-electron chi connectivity index (χ0n) is 13.5. The third-order valence-corrected chi connectivity index (χ3v) is 4.85. The summed E-state index contributed by atoms with van der Waals surface area (Å²) in [6.07, 6.45) is 3.26. The van der Waals surface area contributed by atoms with Gasteiger partial charge in [0.15, 0.2) is 6.29 Å². The second kappa shape index (κ2) is 6.36. The van der Waals surface area contributed by atoms with Crippen molar-refractivity contribution < 1.29 is 13.9 Å². The van der Waals surface area contributed by atoms with Crippen LogP contribution in [-0.4, -0.2) is 32.6 Å². The molecule has 1 saturated heterocycles. The first-order valence-electron chi connectivity index (χ1n) is 8.48. The van der Waals surface area contributed by atoms with Gasteiger partial charge in [-0.3, -0.25) is 4.79 Å². The molecule has 0 atom stereocenters. The van der Waals surface area contributed by atoms with Gasteiger partial charge >= 0.3 is 0 Å². The molecule has 2 aromatic rings. The van der Waals surface area contributed by atoms with E-state index in [0.29, 0.717) is 19.1 Å². The largest absolute Gasteiger partial charge is 0.378 e. The summed E-state index contributed by atoms with van der Waals surface area (Å²) in [7, 11) is 0. The molecule has 0 N–H and O–H groups in total. The van der Waals surface area contributed by atoms with Crippen LogP contribution >= 0.6 is 0 Å². The molecular formula is C20H20FNO2. The highest BCUT2D eigenvalue weighted by atomic mass is 19.1. The number of rotatable bonds is 4. The summed E-state index contributed by atoms with van der Waals surface area (Å²) in [5, 5.41) is 0. The highest BCUT2D eigenvalue weighted by molar-refractivity contribution is 5.89. The first-order valence-corrected chi connectivity index (χ1v) is 8.48. The van der Waals surface area contributed by atoms with Crippen molar-refractivity contribution in [2.24, 2.45) is 0 Å². The average Bonchev–Trinajstić information content (AvgIpc) is 3.47. The lowest BCUT2D eigenvalue weighted by molar-refractivity contribution is 0.111. The van der Waals surface area contributed by atoms with Crippen LogP contribution in [-0.2, 0) is 4.74 Å². The molecule has 0 unspecified atom stereocenters. The van der Waals surface area contributed by atoms with Crippen molar-refractivity contribution >= 4 is 12.0 Å². The monoisotopic (exact) mass is 325 g/mol. The molecule has 1 saturated carbocycles. The molecule has 2 aromatic carbocycles. The van der Waals surface area contributed by atoms with Crippen molar-refractivity contribution in [3.63, 3.8) is 0 Å². The summed E-state index contributed by atoms with van der Waals surface area (Å²) in [6, 6.07) is 10.8. The number of anilines is 1. The Morgan fingerprint density at radius 3 is 2.42 bits per heavy atom. The van der Waals surface area contributed by atoms with Crippen LogP contribution in [0.1, 0.15) is 34.7 Å². The fraction of sp³-hybridized carbons (Fsp3) is 0.350. The molecule has 24 heavy (non-hydrogen) atoms. The number of aldehydes is 1. The van der Waals surface area contributed by atoms with Crippen LogP contribution in [0.5, 0.6) is 0 Å². The fourth-order valence-electron chi connectivity index (χ4n) is 3.41. The molecule has 0 aromatic heterocycles. The molecule has 0 radical (unpaired) electrons. The van der Waals surface area contributed by atoms with Crippen molar-refractivity contribution in [3.8, 4) is 11.1 Å². The Kier molecular flexibility index (Phi) is 4.07. The third-order valence-electron chi connectivity index (χ3n) is 4.85. The van der Waals surface area contributed by atoms with Gasteiger partial charge in [0, 0.05) is 24.3 Å². The number of hydrogen-bond donors (Lipinski definition) is 0. The molecule has 0 spiro atoms. The Morgan fingerprint density at radius 2 is 1.79 bits per heavy atom. The van der Waals surface area contributed by atoms with Gasteiger partial charge in [0.2, 0.25) is 0 Å². The van der Waals surface area contributed by atoms with E-state index in [0.717, 1.165) is 54.6 Å². The van der Waals surface area contributed by atoms with Crippen molar-refractivity contribution in [3.05, 3.63) is 53.3 Å². The lowest BCUT2D eigenvalue weighted by atomic mass is 9.93. The summed E-state index contributed by atoms with van der Waals surface area (Å²) in [5.74, 6) is 0.284. The number of nitrogens with zero attached hydrogens (tertiary/aromatic N) is 1. The van der Waals surface area contributed by atoms with E-state index in [1.54, 1.807) is 0 Å². The first-order chi connectivity index (χ1) is 11.8. The zero-order valence-corrected chi connectivity index (χ0v) is 13.5. The van der Waals surface area contributed by atoms with Gasteiger partial charge in [0.25, 0.3) is 0 Å². The number of ether oxygens (including phenoxy) is 1. The highest BCUT2D eigenvalue weighted by Crippen LogP contribution is 2.46. The maximum Gasteiger partial charge on any atom is 0.152 e. The summed E-state index contributed by atoms with van der Waals surface area (Å²) in [5.41, 5.74) is 5.03. The lowest BCUT2D eigenvalue weighted by Crippen LogP contribution is -2.36. The molecule has 3 nitrogen and oxygen atoms in total. The number of carbonyl (C=O) groups is 1. The van der Waals surface area contributed by atoms with Crippen molar-refractivity contribution in [2.45, 2.75) is 18.8 Å². The van der Waals surface area contributed by atoms with E-state index in [4.69, 9.17) is 4.74 Å². The second-order valence-electron chi connectivity index (χ2n) is 6.50. The zero-order chi connectivity index (χ0) is 16.5. The molecule has 0 amide bonds. The van der Waals surface area contributed by atoms with E-state index in [9.17, 15) is 9.18 Å². The number of hydrogen-bond acceptors (Lipinski definition) is 3. The molecule has 4 heteroatoms. The Labute approximate surface area is 141 Å². The van der Waals surface area contributed by atoms with E-state index in [1.165, 1.54) is 17.7 Å². The maximum absolute atomic E-state index is 13.3. The van der Waals surface area contributed by atoms with Crippen LogP contribution in [0.2, 0.25) is 0 Å². The van der Waals surface area contributed by atoms with Crippen molar-refractivity contribution in [1.82, 2.24) is 0 Å². The predicted octanol–water partition coefficient (Wildman–Crippen LogP) is 4.02. The van der Waals surface area contributed by atoms with Crippen molar-refractivity contribution in [2.75, 3.05) is 31.2 Å². The predicted molar refractivity (Wildman–Crippen MR) is 92.2 cm³/mol. The van der Waals surface area contributed by atoms with Crippen molar-refractivity contribution in [1.29, 1.82) is 0 Å². The standard InChI is InChI=1S/C20H20FNO2/c21-17-5-3-15(4-6-17)19-12-20(22-7-9-24-10-8-22)16(13-23)11-18(19)14-1-2-14/h3-6,11-14H,1-2,7-10H2. The molecule has 1 aliphatic carbocycles. The van der Waals surface area contributed by atoms with Gasteiger partial charge < -0.3 is 9.64 Å². The summed E-state index contributed by atoms with van der Waals surface area (Å²) in [4.78, 5) is 13.9. The Balaban J connectivity index is 1.83. The number of morpholine rings is 1. The van der Waals surface area contributed by atoms with Gasteiger partial charge in [-0.25, -0.2) is 4.39 Å². The van der Waals surface area contributed by atoms with Gasteiger partial charge in [0.1, 0.15) is 5.82 Å². The van der Waals surface area contributed by atoms with Gasteiger partial charge in [-0.1, -0.05) is 12.1 Å². The minimum Gasteiger partial charge on any atom is -0.378 e. The summed E-state index contributed by atoms with van der Waals surface area (Å²) in [6.45, 7) is 2.92. The fourth-order valence-corrected chi connectivity index (χ4v) is 3.41. The Bertz CT molecular complexity index is 747. The summed E-state index contributed by atoms with van der Waals surface area (Å²) < 4.78 is 18.7. The van der Waals surface area contributed by atoms with Gasteiger partial charge in [-0.15, -0.1) is 0 Å². The van der Waals surface area contributed by atoms with Crippen LogP contribution in [0.4, 0.5) is 10.1 Å². The number of carbonyl (C=O) groups excluding carboxylic acids is 1. The minimum atomic E-state index is -0.232. The van der Waals surface area contributed by atoms with E-state index in [-0.39, 0.29) is 5.82 Å². The van der Waals surface area contributed by atoms with Crippen LogP contribution in [0.15, 0.2) is 36.4 Å². The highest BCUT2D eigenvalue weighted by Gasteiger charge is 2.28. The average molecular weight is 325 g/mol. The Hall–Kier alpha value is -2.20. The van der Waals surface area contributed by atoms with Crippen LogP contribution < -0.4 is 4.90 Å². The van der Waals surface area contributed by atoms with Gasteiger partial charge in [-0.05, 0) is 59.7 Å². The van der Waals surface area contributed by atoms with E-state index >= 15 is 0 Å². The molecule has 4 rings (SSSR count). The molecular weight excluding hydrogens is 305 g/mol. The lowest BCUT2D eigenvalue weighted by Gasteiger charge is -2.30. The molecule has 1 heterocycles. The molecule has 2 fully saturated rings. The second-order valence-corrected chi connectivity index (χ2v) is 6.50. The first kappa shape index (κ1) is 15.3. The summed E-state index contributed by atoms with van der Waals surface area (Å²) >= 11 is 0. The molecule has 1 aliphatic heterocycles. The topological polar surface area (TPSA) is 29.5 Å².